The number of amides is 3. The number of rotatable bonds is 3. The number of nitrogens with zero attached hydrogens (tertiary/aromatic N) is 4. The molecule has 0 aliphatic carbocycles. The minimum absolute atomic E-state index is 0.00672. The number of benzene rings is 1. The third kappa shape index (κ3) is 3.75. The van der Waals surface area contributed by atoms with E-state index in [0.29, 0.717) is 43.3 Å². The van der Waals surface area contributed by atoms with Crippen molar-refractivity contribution in [1.29, 1.82) is 0 Å². The second-order valence-corrected chi connectivity index (χ2v) is 9.06. The largest absolute Gasteiger partial charge is 0.341 e. The first kappa shape index (κ1) is 20.9. The maximum absolute atomic E-state index is 13.3. The fraction of sp³-hybridized carbons (Fsp3) is 0.417. The summed E-state index contributed by atoms with van der Waals surface area (Å²) in [6.45, 7) is 2.41. The van der Waals surface area contributed by atoms with Gasteiger partial charge in [0.25, 0.3) is 11.8 Å². The first-order valence-corrected chi connectivity index (χ1v) is 11.5. The first-order chi connectivity index (χ1) is 15.5. The summed E-state index contributed by atoms with van der Waals surface area (Å²) < 4.78 is 0. The third-order valence-corrected chi connectivity index (χ3v) is 7.06. The average molecular weight is 453 g/mol. The van der Waals surface area contributed by atoms with Gasteiger partial charge in [0, 0.05) is 44.0 Å². The van der Waals surface area contributed by atoms with Crippen LogP contribution in [0, 0.1) is 0 Å². The highest BCUT2D eigenvalue weighted by molar-refractivity contribution is 6.29. The molecule has 1 unspecified atom stereocenters. The molecule has 3 aliphatic heterocycles. The van der Waals surface area contributed by atoms with E-state index in [0.717, 1.165) is 30.4 Å². The molecule has 0 N–H and O–H groups in total. The summed E-state index contributed by atoms with van der Waals surface area (Å²) in [6, 6.07) is 10.7. The van der Waals surface area contributed by atoms with Crippen molar-refractivity contribution in [2.75, 3.05) is 19.6 Å². The van der Waals surface area contributed by atoms with E-state index in [-0.39, 0.29) is 23.8 Å². The van der Waals surface area contributed by atoms with Crippen LogP contribution in [-0.4, -0.2) is 69.1 Å². The van der Waals surface area contributed by atoms with Gasteiger partial charge >= 0.3 is 0 Å². The van der Waals surface area contributed by atoms with Crippen molar-refractivity contribution < 1.29 is 14.4 Å². The molecule has 2 saturated heterocycles. The second-order valence-electron chi connectivity index (χ2n) is 8.67. The number of piperidine rings is 1. The summed E-state index contributed by atoms with van der Waals surface area (Å²) in [4.78, 5) is 48.5. The Morgan fingerprint density at radius 1 is 1.00 bits per heavy atom. The Kier molecular flexibility index (Phi) is 5.59. The summed E-state index contributed by atoms with van der Waals surface area (Å²) in [5.41, 5.74) is 2.32. The zero-order chi connectivity index (χ0) is 22.2. The summed E-state index contributed by atoms with van der Waals surface area (Å²) in [7, 11) is 0. The Morgan fingerprint density at radius 2 is 1.78 bits per heavy atom. The van der Waals surface area contributed by atoms with Crippen molar-refractivity contribution >= 4 is 29.3 Å². The number of hydrogen-bond donors (Lipinski definition) is 0. The van der Waals surface area contributed by atoms with Crippen LogP contribution in [0.25, 0.3) is 0 Å². The van der Waals surface area contributed by atoms with Crippen molar-refractivity contribution in [2.45, 2.75) is 44.3 Å². The molecule has 0 spiro atoms. The monoisotopic (exact) mass is 452 g/mol. The van der Waals surface area contributed by atoms with E-state index in [2.05, 4.69) is 4.98 Å². The van der Waals surface area contributed by atoms with Gasteiger partial charge in [0.15, 0.2) is 0 Å². The highest BCUT2D eigenvalue weighted by Gasteiger charge is 2.40. The fourth-order valence-corrected chi connectivity index (χ4v) is 5.23. The molecule has 0 bridgehead atoms. The third-order valence-electron chi connectivity index (χ3n) is 6.84. The lowest BCUT2D eigenvalue weighted by molar-refractivity contribution is -0.136. The van der Waals surface area contributed by atoms with E-state index in [9.17, 15) is 14.4 Å². The standard InChI is InChI=1S/C24H25ClN4O3/c25-21-8-7-16(14-26-21)22(30)28-11-3-6-20(28)24(32)27-12-9-18(10-13-27)29-15-17-4-1-2-5-19(17)23(29)31/h1-2,4-5,7-8,14,18,20H,3,6,9-13,15H2. The number of carbonyl (C=O) groups excluding carboxylic acids is 3. The Labute approximate surface area is 192 Å². The molecule has 0 saturated carbocycles. The highest BCUT2D eigenvalue weighted by atomic mass is 35.5. The molecule has 2 fully saturated rings. The zero-order valence-corrected chi connectivity index (χ0v) is 18.5. The van der Waals surface area contributed by atoms with Crippen LogP contribution in [0.2, 0.25) is 5.15 Å². The molecule has 166 valence electrons. The normalized spacial score (nSPS) is 21.2. The lowest BCUT2D eigenvalue weighted by atomic mass is 10.0. The molecule has 3 amide bonds. The van der Waals surface area contributed by atoms with E-state index in [1.54, 1.807) is 17.0 Å². The van der Waals surface area contributed by atoms with E-state index in [1.807, 2.05) is 34.1 Å². The van der Waals surface area contributed by atoms with Gasteiger partial charge in [0.1, 0.15) is 11.2 Å². The van der Waals surface area contributed by atoms with Crippen LogP contribution in [0.1, 0.15) is 52.0 Å². The van der Waals surface area contributed by atoms with Gasteiger partial charge in [-0.15, -0.1) is 0 Å². The molecule has 2 aromatic rings. The highest BCUT2D eigenvalue weighted by Crippen LogP contribution is 2.29. The molecule has 1 atom stereocenters. The molecule has 3 aliphatic rings. The topological polar surface area (TPSA) is 73.8 Å². The Balaban J connectivity index is 1.21. The van der Waals surface area contributed by atoms with Crippen molar-refractivity contribution in [3.63, 3.8) is 0 Å². The van der Waals surface area contributed by atoms with Gasteiger partial charge in [-0.05, 0) is 49.4 Å². The Bertz CT molecular complexity index is 1050. The molecule has 8 heteroatoms. The van der Waals surface area contributed by atoms with Crippen molar-refractivity contribution in [3.8, 4) is 0 Å². The SMILES string of the molecule is O=C(C1CCCN1C(=O)c1ccc(Cl)nc1)N1CCC(N2Cc3ccccc3C2=O)CC1. The van der Waals surface area contributed by atoms with E-state index in [1.165, 1.54) is 6.20 Å². The van der Waals surface area contributed by atoms with E-state index in [4.69, 9.17) is 11.6 Å². The molecular weight excluding hydrogens is 428 g/mol. The zero-order valence-electron chi connectivity index (χ0n) is 17.7. The summed E-state index contributed by atoms with van der Waals surface area (Å²) in [5.74, 6) is -0.0814. The Morgan fingerprint density at radius 3 is 2.50 bits per heavy atom. The van der Waals surface area contributed by atoms with Gasteiger partial charge in [0.05, 0.1) is 5.56 Å². The van der Waals surface area contributed by atoms with Crippen LogP contribution in [0.5, 0.6) is 0 Å². The lowest BCUT2D eigenvalue weighted by Crippen LogP contribution is -2.52. The molecule has 32 heavy (non-hydrogen) atoms. The minimum atomic E-state index is -0.438. The van der Waals surface area contributed by atoms with Crippen molar-refractivity contribution in [2.24, 2.45) is 0 Å². The molecule has 4 heterocycles. The predicted molar refractivity (Wildman–Crippen MR) is 119 cm³/mol. The summed E-state index contributed by atoms with van der Waals surface area (Å²) in [6.07, 6.45) is 4.45. The average Bonchev–Trinajstić information content (AvgIpc) is 3.44. The van der Waals surface area contributed by atoms with Crippen LogP contribution in [0.4, 0.5) is 0 Å². The lowest BCUT2D eigenvalue weighted by Gasteiger charge is -2.38. The van der Waals surface area contributed by atoms with Crippen LogP contribution in [0.3, 0.4) is 0 Å². The van der Waals surface area contributed by atoms with Crippen LogP contribution < -0.4 is 0 Å². The van der Waals surface area contributed by atoms with Crippen LogP contribution >= 0.6 is 11.6 Å². The van der Waals surface area contributed by atoms with E-state index >= 15 is 0 Å². The molecular formula is C24H25ClN4O3. The van der Waals surface area contributed by atoms with Crippen molar-refractivity contribution in [3.05, 3.63) is 64.4 Å². The van der Waals surface area contributed by atoms with Crippen LogP contribution in [-0.2, 0) is 11.3 Å². The molecule has 1 aromatic carbocycles. The van der Waals surface area contributed by atoms with Gasteiger partial charge in [-0.1, -0.05) is 29.8 Å². The molecule has 5 rings (SSSR count). The van der Waals surface area contributed by atoms with Gasteiger partial charge in [-0.3, -0.25) is 14.4 Å². The maximum Gasteiger partial charge on any atom is 0.256 e. The molecule has 1 aromatic heterocycles. The van der Waals surface area contributed by atoms with Gasteiger partial charge in [0.2, 0.25) is 5.91 Å². The number of likely N-dealkylation sites (tertiary alicyclic amines) is 2. The van der Waals surface area contributed by atoms with Gasteiger partial charge in [-0.2, -0.15) is 0 Å². The smallest absolute Gasteiger partial charge is 0.256 e. The number of hydrogen-bond acceptors (Lipinski definition) is 4. The molecule has 0 radical (unpaired) electrons. The van der Waals surface area contributed by atoms with E-state index < -0.39 is 6.04 Å². The maximum atomic E-state index is 13.3. The minimum Gasteiger partial charge on any atom is -0.341 e. The summed E-state index contributed by atoms with van der Waals surface area (Å²) >= 11 is 5.83. The quantitative estimate of drug-likeness (QED) is 0.671. The number of fused-ring (bicyclic) bond motifs is 1. The predicted octanol–water partition coefficient (Wildman–Crippen LogP) is 2.99. The molecule has 7 nitrogen and oxygen atoms in total. The number of halogens is 1. The van der Waals surface area contributed by atoms with Gasteiger partial charge < -0.3 is 14.7 Å². The second kappa shape index (κ2) is 8.54. The van der Waals surface area contributed by atoms with Gasteiger partial charge in [-0.25, -0.2) is 4.98 Å². The summed E-state index contributed by atoms with van der Waals surface area (Å²) in [5, 5.41) is 0.332. The van der Waals surface area contributed by atoms with Crippen molar-refractivity contribution in [1.82, 2.24) is 19.7 Å². The number of pyridine rings is 1. The number of carbonyl (C=O) groups is 3. The number of aromatic nitrogens is 1. The first-order valence-electron chi connectivity index (χ1n) is 11.1. The van der Waals surface area contributed by atoms with Crippen LogP contribution in [0.15, 0.2) is 42.6 Å². The Hall–Kier alpha value is -2.93. The fourth-order valence-electron chi connectivity index (χ4n) is 5.12.